The van der Waals surface area contributed by atoms with Gasteiger partial charge < -0.3 is 10.4 Å². The summed E-state index contributed by atoms with van der Waals surface area (Å²) in [5.41, 5.74) is 0.806. The Morgan fingerprint density at radius 1 is 1.35 bits per heavy atom. The first kappa shape index (κ1) is 13.8. The molecular formula is C17H18ClN3O2. The van der Waals surface area contributed by atoms with Gasteiger partial charge in [0, 0.05) is 27.9 Å². The van der Waals surface area contributed by atoms with Gasteiger partial charge in [-0.1, -0.05) is 11.6 Å². The van der Waals surface area contributed by atoms with E-state index in [1.807, 2.05) is 12.1 Å². The lowest BCUT2D eigenvalue weighted by atomic mass is 9.87. The summed E-state index contributed by atoms with van der Waals surface area (Å²) in [5.74, 6) is 1.19. The number of fused-ring (bicyclic) bond motifs is 2. The lowest BCUT2D eigenvalue weighted by Crippen LogP contribution is -2.34. The second kappa shape index (κ2) is 4.48. The van der Waals surface area contributed by atoms with E-state index in [1.165, 1.54) is 0 Å². The van der Waals surface area contributed by atoms with E-state index < -0.39 is 5.60 Å². The fraction of sp³-hybridized carbons (Fsp3) is 0.529. The molecule has 2 unspecified atom stereocenters. The number of amides is 1. The highest BCUT2D eigenvalue weighted by molar-refractivity contribution is 6.31. The number of hydrogen-bond donors (Lipinski definition) is 3. The minimum atomic E-state index is -0.883. The van der Waals surface area contributed by atoms with Gasteiger partial charge in [-0.25, -0.2) is 0 Å². The maximum atomic E-state index is 11.9. The summed E-state index contributed by atoms with van der Waals surface area (Å²) in [5, 5.41) is 22.9. The van der Waals surface area contributed by atoms with Gasteiger partial charge in [0.2, 0.25) is 5.91 Å². The number of aromatic amines is 1. The molecule has 0 spiro atoms. The molecule has 3 aliphatic carbocycles. The Bertz CT molecular complexity index is 801. The van der Waals surface area contributed by atoms with Crippen molar-refractivity contribution in [2.24, 2.45) is 17.8 Å². The molecule has 0 bridgehead atoms. The molecule has 0 saturated heterocycles. The van der Waals surface area contributed by atoms with Crippen LogP contribution in [0.5, 0.6) is 0 Å². The van der Waals surface area contributed by atoms with Crippen LogP contribution in [0.2, 0.25) is 5.02 Å². The first-order valence-corrected chi connectivity index (χ1v) is 8.59. The zero-order chi connectivity index (χ0) is 15.8. The summed E-state index contributed by atoms with van der Waals surface area (Å²) in [7, 11) is 0. The van der Waals surface area contributed by atoms with E-state index >= 15 is 0 Å². The van der Waals surface area contributed by atoms with E-state index in [2.05, 4.69) is 15.5 Å². The lowest BCUT2D eigenvalue weighted by Gasteiger charge is -2.27. The highest BCUT2D eigenvalue weighted by Crippen LogP contribution is 2.60. The number of benzene rings is 1. The largest absolute Gasteiger partial charge is 0.385 e. The van der Waals surface area contributed by atoms with Gasteiger partial charge in [-0.05, 0) is 49.7 Å². The molecule has 1 aromatic carbocycles. The van der Waals surface area contributed by atoms with Gasteiger partial charge in [0.25, 0.3) is 0 Å². The number of carbonyl (C=O) groups is 1. The van der Waals surface area contributed by atoms with Crippen molar-refractivity contribution in [3.05, 3.63) is 28.9 Å². The molecule has 3 saturated carbocycles. The van der Waals surface area contributed by atoms with Crippen molar-refractivity contribution in [2.75, 3.05) is 0 Å². The van der Waals surface area contributed by atoms with Gasteiger partial charge in [-0.15, -0.1) is 0 Å². The molecule has 120 valence electrons. The Kier molecular flexibility index (Phi) is 2.69. The Labute approximate surface area is 138 Å². The molecule has 6 heteroatoms. The Hall–Kier alpha value is -1.59. The normalized spacial score (nSPS) is 35.3. The van der Waals surface area contributed by atoms with Crippen LogP contribution in [0, 0.1) is 17.8 Å². The number of aromatic nitrogens is 2. The monoisotopic (exact) mass is 331 g/mol. The third-order valence-corrected chi connectivity index (χ3v) is 5.97. The summed E-state index contributed by atoms with van der Waals surface area (Å²) >= 11 is 6.20. The van der Waals surface area contributed by atoms with Gasteiger partial charge in [-0.3, -0.25) is 9.89 Å². The highest BCUT2D eigenvalue weighted by Gasteiger charge is 2.62. The molecule has 1 heterocycles. The van der Waals surface area contributed by atoms with Crippen molar-refractivity contribution in [3.8, 4) is 0 Å². The Morgan fingerprint density at radius 2 is 2.09 bits per heavy atom. The van der Waals surface area contributed by atoms with E-state index in [4.69, 9.17) is 11.6 Å². The molecule has 3 fully saturated rings. The van der Waals surface area contributed by atoms with Crippen LogP contribution in [0.1, 0.15) is 31.2 Å². The summed E-state index contributed by atoms with van der Waals surface area (Å²) in [6.07, 6.45) is 5.11. The second-order valence-electron chi connectivity index (χ2n) is 7.36. The van der Waals surface area contributed by atoms with Crippen LogP contribution in [0.4, 0.5) is 0 Å². The molecule has 0 aliphatic heterocycles. The lowest BCUT2D eigenvalue weighted by molar-refractivity contribution is -0.122. The van der Waals surface area contributed by atoms with Crippen molar-refractivity contribution in [3.63, 3.8) is 0 Å². The van der Waals surface area contributed by atoms with Crippen molar-refractivity contribution in [1.29, 1.82) is 0 Å². The van der Waals surface area contributed by atoms with Crippen molar-refractivity contribution >= 4 is 28.4 Å². The number of nitrogens with one attached hydrogen (secondary N) is 2. The van der Waals surface area contributed by atoms with E-state index in [1.54, 1.807) is 6.20 Å². The quantitative estimate of drug-likeness (QED) is 0.807. The average molecular weight is 332 g/mol. The summed E-state index contributed by atoms with van der Waals surface area (Å²) in [4.78, 5) is 11.9. The average Bonchev–Trinajstić information content (AvgIpc) is 3.36. The molecule has 4 atom stereocenters. The molecule has 3 aliphatic rings. The molecule has 1 amide bonds. The van der Waals surface area contributed by atoms with Crippen molar-refractivity contribution < 1.29 is 9.90 Å². The number of rotatable bonds is 3. The van der Waals surface area contributed by atoms with Crippen LogP contribution in [0.3, 0.4) is 0 Å². The maximum absolute atomic E-state index is 11.9. The zero-order valence-corrected chi connectivity index (χ0v) is 13.3. The zero-order valence-electron chi connectivity index (χ0n) is 12.6. The molecule has 23 heavy (non-hydrogen) atoms. The first-order valence-electron chi connectivity index (χ1n) is 8.21. The predicted molar refractivity (Wildman–Crippen MR) is 85.9 cm³/mol. The Balaban J connectivity index is 1.38. The van der Waals surface area contributed by atoms with Gasteiger partial charge in [0.1, 0.15) is 0 Å². The van der Waals surface area contributed by atoms with Crippen LogP contribution in [-0.4, -0.2) is 27.3 Å². The number of aliphatic hydroxyl groups is 1. The smallest absolute Gasteiger partial charge is 0.223 e. The number of H-pyrrole nitrogens is 1. The predicted octanol–water partition coefficient (Wildman–Crippen LogP) is 2.34. The highest BCUT2D eigenvalue weighted by atomic mass is 35.5. The van der Waals surface area contributed by atoms with Gasteiger partial charge in [-0.2, -0.15) is 5.10 Å². The summed E-state index contributed by atoms with van der Waals surface area (Å²) < 4.78 is 0. The SMILES string of the molecule is O=C(NC1[C@H]2CC(O)(c3cc(Cl)cc4cn[nH]c34)C[C@@H]12)C1CC1. The third-order valence-electron chi connectivity index (χ3n) is 5.75. The molecule has 5 rings (SSSR count). The van der Waals surface area contributed by atoms with E-state index in [0.717, 1.165) is 29.3 Å². The molecule has 5 nitrogen and oxygen atoms in total. The topological polar surface area (TPSA) is 78.0 Å². The number of hydrogen-bond acceptors (Lipinski definition) is 3. The summed E-state index contributed by atoms with van der Waals surface area (Å²) in [6, 6.07) is 3.94. The fourth-order valence-electron chi connectivity index (χ4n) is 4.31. The van der Waals surface area contributed by atoms with Crippen molar-refractivity contribution in [2.45, 2.75) is 37.3 Å². The number of nitrogens with zero attached hydrogens (tertiary/aromatic N) is 1. The van der Waals surface area contributed by atoms with Gasteiger partial charge in [0.05, 0.1) is 17.3 Å². The standard InChI is InChI=1S/C17H18ClN3O2/c18-10-3-9-7-19-21-14(9)13(4-10)17(23)5-11-12(6-17)15(11)20-16(22)8-1-2-8/h3-4,7-8,11-12,15,23H,1-2,5-6H2,(H,19,21)(H,20,22)/t11-,12+,15?,17?. The van der Waals surface area contributed by atoms with Gasteiger partial charge >= 0.3 is 0 Å². The fourth-order valence-corrected chi connectivity index (χ4v) is 4.54. The third kappa shape index (κ3) is 2.10. The van der Waals surface area contributed by atoms with Crippen molar-refractivity contribution in [1.82, 2.24) is 15.5 Å². The number of carbonyl (C=O) groups excluding carboxylic acids is 1. The summed E-state index contributed by atoms with van der Waals surface area (Å²) in [6.45, 7) is 0. The number of halogens is 1. The van der Waals surface area contributed by atoms with Crippen LogP contribution in [0.15, 0.2) is 18.3 Å². The minimum absolute atomic E-state index is 0.201. The molecule has 2 aromatic rings. The first-order chi connectivity index (χ1) is 11.0. The Morgan fingerprint density at radius 3 is 2.78 bits per heavy atom. The van der Waals surface area contributed by atoms with Gasteiger partial charge in [0.15, 0.2) is 0 Å². The maximum Gasteiger partial charge on any atom is 0.223 e. The van der Waals surface area contributed by atoms with Crippen LogP contribution in [-0.2, 0) is 10.4 Å². The molecule has 0 radical (unpaired) electrons. The minimum Gasteiger partial charge on any atom is -0.385 e. The van der Waals surface area contributed by atoms with Crippen LogP contribution >= 0.6 is 11.6 Å². The molecule has 3 N–H and O–H groups in total. The van der Waals surface area contributed by atoms with E-state index in [-0.39, 0.29) is 17.9 Å². The van der Waals surface area contributed by atoms with Crippen LogP contribution in [0.25, 0.3) is 10.9 Å². The van der Waals surface area contributed by atoms with E-state index in [0.29, 0.717) is 29.7 Å². The molecule has 1 aromatic heterocycles. The molecular weight excluding hydrogens is 314 g/mol. The van der Waals surface area contributed by atoms with E-state index in [9.17, 15) is 9.90 Å². The van der Waals surface area contributed by atoms with Crippen LogP contribution < -0.4 is 5.32 Å². The second-order valence-corrected chi connectivity index (χ2v) is 7.80.